The lowest BCUT2D eigenvalue weighted by Crippen LogP contribution is -2.25. The van der Waals surface area contributed by atoms with Crippen LogP contribution in [-0.2, 0) is 0 Å². The van der Waals surface area contributed by atoms with Crippen LogP contribution < -0.4 is 10.6 Å². The first-order chi connectivity index (χ1) is 9.48. The zero-order valence-electron chi connectivity index (χ0n) is 12.1. The molecule has 0 bridgehead atoms. The molecule has 20 heavy (non-hydrogen) atoms. The highest BCUT2D eigenvalue weighted by Crippen LogP contribution is 2.22. The zero-order chi connectivity index (χ0) is 14.6. The molecule has 2 rings (SSSR count). The normalized spacial score (nSPS) is 10.9. The van der Waals surface area contributed by atoms with Crippen LogP contribution in [0.25, 0.3) is 0 Å². The van der Waals surface area contributed by atoms with Crippen LogP contribution in [0, 0.1) is 0 Å². The second kappa shape index (κ2) is 5.78. The predicted octanol–water partition coefficient (Wildman–Crippen LogP) is 4.45. The van der Waals surface area contributed by atoms with Crippen molar-refractivity contribution < 1.29 is 4.79 Å². The van der Waals surface area contributed by atoms with E-state index in [9.17, 15) is 4.79 Å². The first-order valence-electron chi connectivity index (χ1n) is 6.67. The highest BCUT2D eigenvalue weighted by Gasteiger charge is 2.08. The van der Waals surface area contributed by atoms with E-state index in [0.29, 0.717) is 5.56 Å². The maximum absolute atomic E-state index is 11.0. The topological polar surface area (TPSA) is 41.1 Å². The number of aldehydes is 1. The summed E-state index contributed by atoms with van der Waals surface area (Å²) < 4.78 is 0. The molecule has 0 radical (unpaired) electrons. The van der Waals surface area contributed by atoms with Crippen LogP contribution in [0.4, 0.5) is 17.1 Å². The van der Waals surface area contributed by atoms with Crippen molar-refractivity contribution in [1.29, 1.82) is 0 Å². The molecular weight excluding hydrogens is 248 g/mol. The highest BCUT2D eigenvalue weighted by molar-refractivity contribution is 5.85. The monoisotopic (exact) mass is 268 g/mol. The van der Waals surface area contributed by atoms with Gasteiger partial charge in [-0.1, -0.05) is 12.1 Å². The van der Waals surface area contributed by atoms with Gasteiger partial charge in [0.05, 0.1) is 0 Å². The second-order valence-corrected chi connectivity index (χ2v) is 5.78. The minimum absolute atomic E-state index is 0.0407. The van der Waals surface area contributed by atoms with Crippen LogP contribution >= 0.6 is 0 Å². The fraction of sp³-hybridized carbons (Fsp3) is 0.235. The Kier molecular flexibility index (Phi) is 4.08. The van der Waals surface area contributed by atoms with Crippen molar-refractivity contribution in [3.63, 3.8) is 0 Å². The average molecular weight is 268 g/mol. The minimum Gasteiger partial charge on any atom is -0.380 e. The van der Waals surface area contributed by atoms with E-state index < -0.39 is 0 Å². The van der Waals surface area contributed by atoms with Gasteiger partial charge in [-0.3, -0.25) is 4.79 Å². The van der Waals surface area contributed by atoms with Gasteiger partial charge < -0.3 is 10.6 Å². The van der Waals surface area contributed by atoms with Gasteiger partial charge in [-0.15, -0.1) is 0 Å². The Hall–Kier alpha value is -2.29. The smallest absolute Gasteiger partial charge is 0.152 e. The van der Waals surface area contributed by atoms with Crippen molar-refractivity contribution >= 4 is 23.3 Å². The van der Waals surface area contributed by atoms with Crippen LogP contribution in [0.2, 0.25) is 0 Å². The Bertz CT molecular complexity index is 583. The maximum Gasteiger partial charge on any atom is 0.152 e. The number of para-hydroxylation sites is 1. The fourth-order valence-corrected chi connectivity index (χ4v) is 1.94. The number of benzene rings is 2. The van der Waals surface area contributed by atoms with Crippen molar-refractivity contribution in [3.05, 3.63) is 54.1 Å². The number of rotatable bonds is 4. The van der Waals surface area contributed by atoms with Gasteiger partial charge in [0.2, 0.25) is 0 Å². The van der Waals surface area contributed by atoms with Crippen LogP contribution in [0.3, 0.4) is 0 Å². The number of carbonyl (C=O) groups is 1. The molecule has 2 aromatic carbocycles. The zero-order valence-corrected chi connectivity index (χ0v) is 12.1. The van der Waals surface area contributed by atoms with Gasteiger partial charge in [0.25, 0.3) is 0 Å². The summed E-state index contributed by atoms with van der Waals surface area (Å²) in [7, 11) is 0. The molecule has 0 aliphatic rings. The van der Waals surface area contributed by atoms with Crippen LogP contribution in [-0.4, -0.2) is 11.8 Å². The molecule has 3 heteroatoms. The third-order valence-corrected chi connectivity index (χ3v) is 2.77. The number of hydrogen-bond acceptors (Lipinski definition) is 3. The summed E-state index contributed by atoms with van der Waals surface area (Å²) in [4.78, 5) is 11.0. The van der Waals surface area contributed by atoms with E-state index in [2.05, 4.69) is 31.4 Å². The average Bonchev–Trinajstić information content (AvgIpc) is 2.40. The first-order valence-corrected chi connectivity index (χ1v) is 6.67. The molecule has 0 spiro atoms. The molecule has 0 aliphatic carbocycles. The van der Waals surface area contributed by atoms with Gasteiger partial charge in [-0.05, 0) is 57.2 Å². The molecule has 3 nitrogen and oxygen atoms in total. The molecule has 0 aliphatic heterocycles. The Labute approximate surface area is 120 Å². The van der Waals surface area contributed by atoms with Gasteiger partial charge in [-0.2, -0.15) is 0 Å². The van der Waals surface area contributed by atoms with Gasteiger partial charge in [0.1, 0.15) is 0 Å². The van der Waals surface area contributed by atoms with Crippen LogP contribution in [0.1, 0.15) is 31.1 Å². The Balaban J connectivity index is 2.13. The Morgan fingerprint density at radius 2 is 1.50 bits per heavy atom. The number of hydrogen-bond donors (Lipinski definition) is 2. The van der Waals surface area contributed by atoms with E-state index in [-0.39, 0.29) is 5.54 Å². The third-order valence-electron chi connectivity index (χ3n) is 2.77. The molecule has 0 saturated heterocycles. The Morgan fingerprint density at radius 3 is 2.10 bits per heavy atom. The summed E-state index contributed by atoms with van der Waals surface area (Å²) in [5.41, 5.74) is 3.55. The fourth-order valence-electron chi connectivity index (χ4n) is 1.94. The standard InChI is InChI=1S/C17H20N2O/c1-17(2,3)19-15-10-8-14(9-11-15)18-16-7-5-4-6-13(16)12-20/h4-12,18-19H,1-3H3. The lowest BCUT2D eigenvalue weighted by molar-refractivity contribution is 0.112. The summed E-state index contributed by atoms with van der Waals surface area (Å²) in [6.45, 7) is 6.37. The summed E-state index contributed by atoms with van der Waals surface area (Å²) in [6.07, 6.45) is 0.859. The van der Waals surface area contributed by atoms with E-state index in [4.69, 9.17) is 0 Å². The van der Waals surface area contributed by atoms with Crippen LogP contribution in [0.5, 0.6) is 0 Å². The van der Waals surface area contributed by atoms with Crippen molar-refractivity contribution in [2.75, 3.05) is 10.6 Å². The molecule has 2 aromatic rings. The second-order valence-electron chi connectivity index (χ2n) is 5.78. The quantitative estimate of drug-likeness (QED) is 0.805. The lowest BCUT2D eigenvalue weighted by Gasteiger charge is -2.22. The van der Waals surface area contributed by atoms with Gasteiger partial charge in [0.15, 0.2) is 6.29 Å². The van der Waals surface area contributed by atoms with Gasteiger partial charge in [-0.25, -0.2) is 0 Å². The summed E-state index contributed by atoms with van der Waals surface area (Å²) in [5, 5.41) is 6.67. The van der Waals surface area contributed by atoms with E-state index in [1.165, 1.54) is 0 Å². The molecule has 0 atom stereocenters. The summed E-state index contributed by atoms with van der Waals surface area (Å²) >= 11 is 0. The van der Waals surface area contributed by atoms with E-state index in [1.807, 2.05) is 42.5 Å². The van der Waals surface area contributed by atoms with Crippen molar-refractivity contribution in [3.8, 4) is 0 Å². The summed E-state index contributed by atoms with van der Waals surface area (Å²) in [5.74, 6) is 0. The first kappa shape index (κ1) is 14.1. The molecule has 0 aromatic heterocycles. The molecule has 0 heterocycles. The molecular formula is C17H20N2O. The predicted molar refractivity (Wildman–Crippen MR) is 84.9 cm³/mol. The third kappa shape index (κ3) is 3.85. The molecule has 0 unspecified atom stereocenters. The van der Waals surface area contributed by atoms with E-state index in [0.717, 1.165) is 23.3 Å². The van der Waals surface area contributed by atoms with Gasteiger partial charge >= 0.3 is 0 Å². The molecule has 0 fully saturated rings. The highest BCUT2D eigenvalue weighted by atomic mass is 16.1. The number of nitrogens with one attached hydrogen (secondary N) is 2. The van der Waals surface area contributed by atoms with E-state index >= 15 is 0 Å². The van der Waals surface area contributed by atoms with Crippen molar-refractivity contribution in [1.82, 2.24) is 0 Å². The SMILES string of the molecule is CC(C)(C)Nc1ccc(Nc2ccccc2C=O)cc1. The molecule has 0 amide bonds. The molecule has 104 valence electrons. The Morgan fingerprint density at radius 1 is 0.900 bits per heavy atom. The molecule has 2 N–H and O–H groups in total. The largest absolute Gasteiger partial charge is 0.380 e. The van der Waals surface area contributed by atoms with Crippen LogP contribution in [0.15, 0.2) is 48.5 Å². The van der Waals surface area contributed by atoms with E-state index in [1.54, 1.807) is 6.07 Å². The van der Waals surface area contributed by atoms with Crippen molar-refractivity contribution in [2.24, 2.45) is 0 Å². The van der Waals surface area contributed by atoms with Crippen molar-refractivity contribution in [2.45, 2.75) is 26.3 Å². The minimum atomic E-state index is 0.0407. The summed E-state index contributed by atoms with van der Waals surface area (Å²) in [6, 6.07) is 15.5. The van der Waals surface area contributed by atoms with Gasteiger partial charge in [0, 0.05) is 28.2 Å². The lowest BCUT2D eigenvalue weighted by atomic mass is 10.1. The number of carbonyl (C=O) groups excluding carboxylic acids is 1. The molecule has 0 saturated carbocycles. The maximum atomic E-state index is 11.0. The number of anilines is 3.